The molecule has 2 aromatic rings. The maximum Gasteiger partial charge on any atom is 0.234 e. The molecule has 6 heteroatoms. The van der Waals surface area contributed by atoms with Crippen molar-refractivity contribution in [2.45, 2.75) is 24.5 Å². The van der Waals surface area contributed by atoms with Gasteiger partial charge in [-0.15, -0.1) is 11.8 Å². The van der Waals surface area contributed by atoms with Crippen molar-refractivity contribution in [3.05, 3.63) is 65.2 Å². The largest absolute Gasteiger partial charge is 0.379 e. The number of hydrogen-bond acceptors (Lipinski definition) is 5. The van der Waals surface area contributed by atoms with E-state index in [1.54, 1.807) is 11.8 Å². The van der Waals surface area contributed by atoms with Crippen molar-refractivity contribution in [2.75, 3.05) is 46.2 Å². The zero-order chi connectivity index (χ0) is 20.5. The number of likely N-dealkylation sites (N-methyl/N-ethyl adjacent to an activating group) is 1. The number of rotatable bonds is 9. The predicted molar refractivity (Wildman–Crippen MR) is 119 cm³/mol. The van der Waals surface area contributed by atoms with E-state index in [-0.39, 0.29) is 5.91 Å². The number of hydrogen-bond donors (Lipinski definition) is 1. The van der Waals surface area contributed by atoms with Crippen LogP contribution >= 0.6 is 11.8 Å². The Bertz CT molecular complexity index is 776. The Morgan fingerprint density at radius 2 is 1.79 bits per heavy atom. The molecule has 5 nitrogen and oxygen atoms in total. The van der Waals surface area contributed by atoms with Gasteiger partial charge in [0.25, 0.3) is 0 Å². The van der Waals surface area contributed by atoms with Crippen molar-refractivity contribution in [3.63, 3.8) is 0 Å². The monoisotopic (exact) mass is 413 g/mol. The summed E-state index contributed by atoms with van der Waals surface area (Å²) in [6.07, 6.45) is 2.07. The molecule has 0 spiro atoms. The van der Waals surface area contributed by atoms with Gasteiger partial charge in [-0.05, 0) is 42.1 Å². The summed E-state index contributed by atoms with van der Waals surface area (Å²) < 4.78 is 5.43. The molecular formula is C23H31N3O2S. The molecule has 0 saturated carbocycles. The number of thioether (sulfide) groups is 1. The summed E-state index contributed by atoms with van der Waals surface area (Å²) in [5.74, 6) is 0.0504. The van der Waals surface area contributed by atoms with Crippen LogP contribution in [0.2, 0.25) is 0 Å². The third-order valence-electron chi connectivity index (χ3n) is 5.12. The van der Waals surface area contributed by atoms with E-state index in [1.807, 2.05) is 18.0 Å². The number of benzene rings is 2. The van der Waals surface area contributed by atoms with Crippen molar-refractivity contribution in [1.29, 1.82) is 0 Å². The van der Waals surface area contributed by atoms with Crippen molar-refractivity contribution in [3.8, 4) is 0 Å². The first-order chi connectivity index (χ1) is 14.1. The van der Waals surface area contributed by atoms with E-state index in [9.17, 15) is 4.79 Å². The molecule has 1 amide bonds. The lowest BCUT2D eigenvalue weighted by Crippen LogP contribution is -2.36. The van der Waals surface area contributed by atoms with Crippen molar-refractivity contribution in [2.24, 2.45) is 0 Å². The van der Waals surface area contributed by atoms with Gasteiger partial charge in [0.05, 0.1) is 19.8 Å². The van der Waals surface area contributed by atoms with Gasteiger partial charge in [-0.2, -0.15) is 0 Å². The number of carbonyl (C=O) groups is 1. The second kappa shape index (κ2) is 11.4. The van der Waals surface area contributed by atoms with Crippen LogP contribution in [0.25, 0.3) is 0 Å². The molecule has 2 aromatic carbocycles. The van der Waals surface area contributed by atoms with Gasteiger partial charge in [-0.25, -0.2) is 0 Å². The number of carbonyl (C=O) groups excluding carboxylic acids is 1. The first-order valence-electron chi connectivity index (χ1n) is 10.1. The van der Waals surface area contributed by atoms with Crippen molar-refractivity contribution < 1.29 is 9.53 Å². The molecule has 0 aliphatic carbocycles. The Kier molecular flexibility index (Phi) is 8.55. The minimum Gasteiger partial charge on any atom is -0.379 e. The van der Waals surface area contributed by atoms with Crippen LogP contribution in [0.15, 0.2) is 53.4 Å². The highest BCUT2D eigenvalue weighted by atomic mass is 32.2. The third kappa shape index (κ3) is 7.16. The predicted octanol–water partition coefficient (Wildman–Crippen LogP) is 2.99. The molecule has 1 fully saturated rings. The second-order valence-corrected chi connectivity index (χ2v) is 8.33. The normalized spacial score (nSPS) is 14.9. The molecule has 29 heavy (non-hydrogen) atoms. The highest BCUT2D eigenvalue weighted by Crippen LogP contribution is 2.16. The van der Waals surface area contributed by atoms with Gasteiger partial charge in [0, 0.05) is 37.6 Å². The number of nitrogens with zero attached hydrogens (tertiary/aromatic N) is 2. The third-order valence-corrected chi connectivity index (χ3v) is 5.86. The molecule has 1 aliphatic heterocycles. The molecule has 0 aromatic heterocycles. The Morgan fingerprint density at radius 3 is 2.48 bits per heavy atom. The molecule has 0 bridgehead atoms. The summed E-state index contributed by atoms with van der Waals surface area (Å²) in [5, 5.41) is 3.08. The van der Waals surface area contributed by atoms with Gasteiger partial charge in [0.1, 0.15) is 0 Å². The molecule has 0 radical (unpaired) electrons. The number of morpholine rings is 1. The molecule has 1 heterocycles. The van der Waals surface area contributed by atoms with Crippen LogP contribution in [0.3, 0.4) is 0 Å². The molecule has 3 rings (SSSR count). The topological polar surface area (TPSA) is 44.8 Å². The zero-order valence-electron chi connectivity index (χ0n) is 17.4. The lowest BCUT2D eigenvalue weighted by atomic mass is 10.1. The summed E-state index contributed by atoms with van der Waals surface area (Å²) in [7, 11) is 1.98. The Hall–Kier alpha value is -1.86. The van der Waals surface area contributed by atoms with Crippen LogP contribution in [0.4, 0.5) is 0 Å². The first-order valence-corrected chi connectivity index (χ1v) is 11.3. The fraction of sp³-hybridized carbons (Fsp3) is 0.435. The van der Waals surface area contributed by atoms with Crippen LogP contribution < -0.4 is 5.32 Å². The maximum absolute atomic E-state index is 12.4. The van der Waals surface area contributed by atoms with Gasteiger partial charge in [-0.1, -0.05) is 36.4 Å². The zero-order valence-corrected chi connectivity index (χ0v) is 18.2. The maximum atomic E-state index is 12.4. The summed E-state index contributed by atoms with van der Waals surface area (Å²) in [6.45, 7) is 6.13. The number of amides is 1. The molecule has 1 aliphatic rings. The Balaban J connectivity index is 1.47. The molecule has 156 valence electrons. The van der Waals surface area contributed by atoms with E-state index in [4.69, 9.17) is 4.74 Å². The Labute approximate surface area is 178 Å². The molecule has 1 N–H and O–H groups in total. The van der Waals surface area contributed by atoms with E-state index in [1.165, 1.54) is 21.6 Å². The number of nitrogens with one attached hydrogen (secondary N) is 1. The highest BCUT2D eigenvalue weighted by molar-refractivity contribution is 7.98. The van der Waals surface area contributed by atoms with Crippen LogP contribution in [0.1, 0.15) is 16.7 Å². The van der Waals surface area contributed by atoms with E-state index >= 15 is 0 Å². The molecular weight excluding hydrogens is 382 g/mol. The average molecular weight is 414 g/mol. The van der Waals surface area contributed by atoms with Gasteiger partial charge in [0.15, 0.2) is 0 Å². The van der Waals surface area contributed by atoms with Crippen LogP contribution in [0, 0.1) is 0 Å². The van der Waals surface area contributed by atoms with E-state index in [0.717, 1.165) is 39.4 Å². The SMILES string of the molecule is CSc1ccc(CN(C)CC(=O)NCc2ccccc2CN2CCOCC2)cc1. The van der Waals surface area contributed by atoms with Crippen molar-refractivity contribution in [1.82, 2.24) is 15.1 Å². The van der Waals surface area contributed by atoms with Crippen LogP contribution in [-0.2, 0) is 29.2 Å². The Morgan fingerprint density at radius 1 is 1.10 bits per heavy atom. The first kappa shape index (κ1) is 21.8. The summed E-state index contributed by atoms with van der Waals surface area (Å²) in [5.41, 5.74) is 3.67. The minimum atomic E-state index is 0.0504. The van der Waals surface area contributed by atoms with Gasteiger partial charge >= 0.3 is 0 Å². The number of ether oxygens (including phenoxy) is 1. The smallest absolute Gasteiger partial charge is 0.234 e. The van der Waals surface area contributed by atoms with E-state index < -0.39 is 0 Å². The lowest BCUT2D eigenvalue weighted by molar-refractivity contribution is -0.122. The van der Waals surface area contributed by atoms with Crippen molar-refractivity contribution >= 4 is 17.7 Å². The molecule has 0 unspecified atom stereocenters. The van der Waals surface area contributed by atoms with E-state index in [0.29, 0.717) is 13.1 Å². The quantitative estimate of drug-likeness (QED) is 0.641. The standard InChI is InChI=1S/C23H31N3O2S/c1-25(16-19-7-9-22(29-2)10-8-19)18-23(27)24-15-20-5-3-4-6-21(20)17-26-11-13-28-14-12-26/h3-10H,11-18H2,1-2H3,(H,24,27). The van der Waals surface area contributed by atoms with Gasteiger partial charge in [0.2, 0.25) is 5.91 Å². The fourth-order valence-electron chi connectivity index (χ4n) is 3.48. The second-order valence-electron chi connectivity index (χ2n) is 7.45. The van der Waals surface area contributed by atoms with Gasteiger partial charge in [-0.3, -0.25) is 14.6 Å². The molecule has 1 saturated heterocycles. The minimum absolute atomic E-state index is 0.0504. The van der Waals surface area contributed by atoms with Crippen LogP contribution in [-0.4, -0.2) is 61.9 Å². The lowest BCUT2D eigenvalue weighted by Gasteiger charge is -2.27. The average Bonchev–Trinajstić information content (AvgIpc) is 2.74. The highest BCUT2D eigenvalue weighted by Gasteiger charge is 2.13. The fourth-order valence-corrected chi connectivity index (χ4v) is 3.89. The van der Waals surface area contributed by atoms with Crippen LogP contribution in [0.5, 0.6) is 0 Å². The molecule has 0 atom stereocenters. The summed E-state index contributed by atoms with van der Waals surface area (Å²) >= 11 is 1.74. The summed E-state index contributed by atoms with van der Waals surface area (Å²) in [4.78, 5) is 18.1. The van der Waals surface area contributed by atoms with Gasteiger partial charge < -0.3 is 10.1 Å². The summed E-state index contributed by atoms with van der Waals surface area (Å²) in [6, 6.07) is 16.9. The van der Waals surface area contributed by atoms with E-state index in [2.05, 4.69) is 58.9 Å².